The zero-order valence-corrected chi connectivity index (χ0v) is 14.5. The lowest BCUT2D eigenvalue weighted by Gasteiger charge is -2.42. The Hall–Kier alpha value is -0.890. The standard InChI is InChI=1S/C21H31FO/c1-2-3-4-13-23-21-12-9-18-14-17(5-6-19(18)15-21)16-7-10-20(22)11-8-16/h7-8,10-11,17-19,21H,2-6,9,12-15H2,1H3. The topological polar surface area (TPSA) is 9.23 Å². The van der Waals surface area contributed by atoms with Crippen molar-refractivity contribution in [1.29, 1.82) is 0 Å². The van der Waals surface area contributed by atoms with E-state index in [0.717, 1.165) is 18.4 Å². The summed E-state index contributed by atoms with van der Waals surface area (Å²) >= 11 is 0. The molecule has 128 valence electrons. The highest BCUT2D eigenvalue weighted by Crippen LogP contribution is 2.46. The van der Waals surface area contributed by atoms with Crippen LogP contribution in [0.25, 0.3) is 0 Å². The van der Waals surface area contributed by atoms with Crippen molar-refractivity contribution < 1.29 is 9.13 Å². The number of unbranched alkanes of at least 4 members (excludes halogenated alkanes) is 2. The Morgan fingerprint density at radius 2 is 1.70 bits per heavy atom. The Bertz CT molecular complexity index is 469. The van der Waals surface area contributed by atoms with Crippen molar-refractivity contribution in [2.24, 2.45) is 11.8 Å². The number of halogens is 1. The Morgan fingerprint density at radius 3 is 2.48 bits per heavy atom. The fraction of sp³-hybridized carbons (Fsp3) is 0.714. The predicted octanol–water partition coefficient (Wildman–Crippen LogP) is 6.08. The molecule has 4 unspecified atom stereocenters. The Kier molecular flexibility index (Phi) is 6.10. The van der Waals surface area contributed by atoms with Gasteiger partial charge in [-0.15, -0.1) is 0 Å². The van der Waals surface area contributed by atoms with E-state index in [2.05, 4.69) is 6.92 Å². The summed E-state index contributed by atoms with van der Waals surface area (Å²) in [6, 6.07) is 7.20. The predicted molar refractivity (Wildman–Crippen MR) is 93.1 cm³/mol. The molecule has 0 bridgehead atoms. The van der Waals surface area contributed by atoms with Crippen LogP contribution in [0.4, 0.5) is 4.39 Å². The maximum atomic E-state index is 13.1. The summed E-state index contributed by atoms with van der Waals surface area (Å²) in [5.74, 6) is 2.23. The Labute approximate surface area is 140 Å². The van der Waals surface area contributed by atoms with Gasteiger partial charge in [0.2, 0.25) is 0 Å². The van der Waals surface area contributed by atoms with Gasteiger partial charge in [0.05, 0.1) is 6.10 Å². The third-order valence-electron chi connectivity index (χ3n) is 6.01. The van der Waals surface area contributed by atoms with Crippen LogP contribution in [0.15, 0.2) is 24.3 Å². The summed E-state index contributed by atoms with van der Waals surface area (Å²) in [7, 11) is 0. The van der Waals surface area contributed by atoms with Gasteiger partial charge in [0.25, 0.3) is 0 Å². The van der Waals surface area contributed by atoms with Gasteiger partial charge in [0.1, 0.15) is 5.82 Å². The molecule has 0 saturated heterocycles. The van der Waals surface area contributed by atoms with Crippen LogP contribution in [-0.4, -0.2) is 12.7 Å². The van der Waals surface area contributed by atoms with Crippen LogP contribution in [0.5, 0.6) is 0 Å². The molecule has 2 saturated carbocycles. The van der Waals surface area contributed by atoms with Gasteiger partial charge in [-0.3, -0.25) is 0 Å². The number of fused-ring (bicyclic) bond motifs is 1. The summed E-state index contributed by atoms with van der Waals surface area (Å²) < 4.78 is 19.2. The van der Waals surface area contributed by atoms with Crippen LogP contribution in [0.2, 0.25) is 0 Å². The minimum absolute atomic E-state index is 0.122. The molecule has 3 rings (SSSR count). The third kappa shape index (κ3) is 4.56. The Morgan fingerprint density at radius 1 is 0.957 bits per heavy atom. The number of hydrogen-bond donors (Lipinski definition) is 0. The highest BCUT2D eigenvalue weighted by molar-refractivity contribution is 5.21. The van der Waals surface area contributed by atoms with Crippen LogP contribution in [0.1, 0.15) is 76.2 Å². The summed E-state index contributed by atoms with van der Waals surface area (Å²) in [6.07, 6.45) is 12.0. The lowest BCUT2D eigenvalue weighted by molar-refractivity contribution is -0.0162. The van der Waals surface area contributed by atoms with E-state index in [1.54, 1.807) is 12.1 Å². The fourth-order valence-corrected chi connectivity index (χ4v) is 4.64. The van der Waals surface area contributed by atoms with Crippen LogP contribution in [0.3, 0.4) is 0 Å². The quantitative estimate of drug-likeness (QED) is 0.577. The van der Waals surface area contributed by atoms with Crippen LogP contribution >= 0.6 is 0 Å². The molecule has 0 spiro atoms. The van der Waals surface area contributed by atoms with Gasteiger partial charge in [0, 0.05) is 6.61 Å². The molecule has 0 amide bonds. The van der Waals surface area contributed by atoms with E-state index in [-0.39, 0.29) is 5.82 Å². The van der Waals surface area contributed by atoms with Crippen molar-refractivity contribution in [1.82, 2.24) is 0 Å². The molecule has 23 heavy (non-hydrogen) atoms. The van der Waals surface area contributed by atoms with E-state index in [1.807, 2.05) is 12.1 Å². The van der Waals surface area contributed by atoms with Gasteiger partial charge >= 0.3 is 0 Å². The number of hydrogen-bond acceptors (Lipinski definition) is 1. The monoisotopic (exact) mass is 318 g/mol. The van der Waals surface area contributed by atoms with E-state index in [0.29, 0.717) is 12.0 Å². The van der Waals surface area contributed by atoms with E-state index < -0.39 is 0 Å². The maximum Gasteiger partial charge on any atom is 0.123 e. The zero-order chi connectivity index (χ0) is 16.1. The highest BCUT2D eigenvalue weighted by Gasteiger charge is 2.36. The number of rotatable bonds is 6. The second-order valence-corrected chi connectivity index (χ2v) is 7.59. The van der Waals surface area contributed by atoms with Crippen LogP contribution < -0.4 is 0 Å². The average molecular weight is 318 g/mol. The molecule has 1 nitrogen and oxygen atoms in total. The smallest absolute Gasteiger partial charge is 0.123 e. The molecule has 2 fully saturated rings. The van der Waals surface area contributed by atoms with Crippen molar-refractivity contribution in [3.05, 3.63) is 35.6 Å². The Balaban J connectivity index is 1.47. The lowest BCUT2D eigenvalue weighted by atomic mass is 9.65. The van der Waals surface area contributed by atoms with Crippen molar-refractivity contribution in [3.8, 4) is 0 Å². The lowest BCUT2D eigenvalue weighted by Crippen LogP contribution is -2.33. The first-order valence-corrected chi connectivity index (χ1v) is 9.63. The molecule has 4 atom stereocenters. The second-order valence-electron chi connectivity index (χ2n) is 7.59. The van der Waals surface area contributed by atoms with Gasteiger partial charge < -0.3 is 4.74 Å². The molecule has 0 radical (unpaired) electrons. The van der Waals surface area contributed by atoms with Crippen molar-refractivity contribution >= 4 is 0 Å². The molecular formula is C21H31FO. The molecule has 0 aliphatic heterocycles. The van der Waals surface area contributed by atoms with E-state index in [9.17, 15) is 4.39 Å². The summed E-state index contributed by atoms with van der Waals surface area (Å²) in [5, 5.41) is 0. The van der Waals surface area contributed by atoms with E-state index in [1.165, 1.54) is 63.4 Å². The van der Waals surface area contributed by atoms with E-state index >= 15 is 0 Å². The minimum Gasteiger partial charge on any atom is -0.378 e. The minimum atomic E-state index is -0.122. The van der Waals surface area contributed by atoms with E-state index in [4.69, 9.17) is 4.74 Å². The van der Waals surface area contributed by atoms with Gasteiger partial charge in [-0.25, -0.2) is 4.39 Å². The molecular weight excluding hydrogens is 287 g/mol. The van der Waals surface area contributed by atoms with Gasteiger partial charge in [-0.1, -0.05) is 31.9 Å². The molecule has 2 heteroatoms. The first-order chi connectivity index (χ1) is 11.3. The SMILES string of the molecule is CCCCCOC1CCC2CC(c3ccc(F)cc3)CCC2C1. The molecule has 0 N–H and O–H groups in total. The average Bonchev–Trinajstić information content (AvgIpc) is 2.59. The summed E-state index contributed by atoms with van der Waals surface area (Å²) in [4.78, 5) is 0. The molecule has 2 aliphatic rings. The molecule has 0 aromatic heterocycles. The first-order valence-electron chi connectivity index (χ1n) is 9.63. The molecule has 2 aliphatic carbocycles. The fourth-order valence-electron chi connectivity index (χ4n) is 4.64. The van der Waals surface area contributed by atoms with Crippen LogP contribution in [-0.2, 0) is 4.74 Å². The largest absolute Gasteiger partial charge is 0.378 e. The maximum absolute atomic E-state index is 13.1. The van der Waals surface area contributed by atoms with Crippen molar-refractivity contribution in [2.45, 2.75) is 76.7 Å². The number of ether oxygens (including phenoxy) is 1. The van der Waals surface area contributed by atoms with Gasteiger partial charge in [-0.05, 0) is 80.4 Å². The normalized spacial score (nSPS) is 30.9. The molecule has 1 aromatic carbocycles. The van der Waals surface area contributed by atoms with Crippen molar-refractivity contribution in [2.75, 3.05) is 6.61 Å². The first kappa shape index (κ1) is 17.0. The van der Waals surface area contributed by atoms with Gasteiger partial charge in [-0.2, -0.15) is 0 Å². The molecule has 0 heterocycles. The zero-order valence-electron chi connectivity index (χ0n) is 14.5. The summed E-state index contributed by atoms with van der Waals surface area (Å²) in [5.41, 5.74) is 1.34. The highest BCUT2D eigenvalue weighted by atomic mass is 19.1. The second kappa shape index (κ2) is 8.28. The van der Waals surface area contributed by atoms with Gasteiger partial charge in [0.15, 0.2) is 0 Å². The number of benzene rings is 1. The summed E-state index contributed by atoms with van der Waals surface area (Å²) in [6.45, 7) is 3.19. The third-order valence-corrected chi connectivity index (χ3v) is 6.01. The van der Waals surface area contributed by atoms with Crippen LogP contribution in [0, 0.1) is 17.7 Å². The molecule has 1 aromatic rings. The van der Waals surface area contributed by atoms with Crippen molar-refractivity contribution in [3.63, 3.8) is 0 Å².